The van der Waals surface area contributed by atoms with Crippen molar-refractivity contribution < 1.29 is 19.1 Å². The summed E-state index contributed by atoms with van der Waals surface area (Å²) in [5.41, 5.74) is 2.07. The minimum Gasteiger partial charge on any atom is -0.482 e. The zero-order valence-electron chi connectivity index (χ0n) is 14.8. The lowest BCUT2D eigenvalue weighted by Gasteiger charge is -2.29. The molecule has 6 nitrogen and oxygen atoms in total. The number of hydrogen-bond acceptors (Lipinski definition) is 4. The van der Waals surface area contributed by atoms with Gasteiger partial charge in [0.2, 0.25) is 0 Å². The van der Waals surface area contributed by atoms with E-state index in [2.05, 4.69) is 11.9 Å². The Kier molecular flexibility index (Phi) is 5.66. The second-order valence-electron chi connectivity index (χ2n) is 6.18. The maximum absolute atomic E-state index is 12.1. The first-order chi connectivity index (χ1) is 12.9. The Morgan fingerprint density at radius 1 is 1.33 bits per heavy atom. The van der Waals surface area contributed by atoms with Gasteiger partial charge in [0.05, 0.1) is 10.7 Å². The molecule has 3 rings (SSSR count). The van der Waals surface area contributed by atoms with Gasteiger partial charge < -0.3 is 19.7 Å². The summed E-state index contributed by atoms with van der Waals surface area (Å²) in [6, 6.07) is 12.1. The number of carbonyl (C=O) groups is 2. The number of rotatable bonds is 6. The highest BCUT2D eigenvalue weighted by atomic mass is 35.5. The number of para-hydroxylation sites is 1. The van der Waals surface area contributed by atoms with Crippen molar-refractivity contribution in [2.75, 3.05) is 30.0 Å². The molecule has 0 radical (unpaired) electrons. The van der Waals surface area contributed by atoms with E-state index < -0.39 is 0 Å². The summed E-state index contributed by atoms with van der Waals surface area (Å²) in [4.78, 5) is 25.8. The van der Waals surface area contributed by atoms with E-state index in [4.69, 9.17) is 21.1 Å². The van der Waals surface area contributed by atoms with Crippen LogP contribution in [0, 0.1) is 0 Å². The summed E-state index contributed by atoms with van der Waals surface area (Å²) >= 11 is 6.00. The number of nitrogens with zero attached hydrogens (tertiary/aromatic N) is 1. The normalized spacial score (nSPS) is 12.8. The second kappa shape index (κ2) is 8.14. The van der Waals surface area contributed by atoms with Crippen LogP contribution < -0.4 is 19.7 Å². The lowest BCUT2D eigenvalue weighted by atomic mass is 10.2. The largest absolute Gasteiger partial charge is 0.482 e. The van der Waals surface area contributed by atoms with Gasteiger partial charge in [-0.2, -0.15) is 0 Å². The monoisotopic (exact) mass is 386 g/mol. The Hall–Kier alpha value is -2.99. The molecule has 0 aromatic heterocycles. The molecule has 0 saturated heterocycles. The molecule has 0 fully saturated rings. The average Bonchev–Trinajstić information content (AvgIpc) is 2.63. The highest BCUT2D eigenvalue weighted by Gasteiger charge is 2.25. The molecule has 0 bridgehead atoms. The fourth-order valence-corrected chi connectivity index (χ4v) is 2.82. The average molecular weight is 387 g/mol. The molecule has 27 heavy (non-hydrogen) atoms. The highest BCUT2D eigenvalue weighted by Crippen LogP contribution is 2.35. The van der Waals surface area contributed by atoms with Crippen LogP contribution in [0.25, 0.3) is 0 Å². The van der Waals surface area contributed by atoms with Gasteiger partial charge in [-0.25, -0.2) is 0 Å². The quantitative estimate of drug-likeness (QED) is 0.769. The Balaban J connectivity index is 1.66. The van der Waals surface area contributed by atoms with Crippen molar-refractivity contribution in [1.82, 2.24) is 0 Å². The van der Waals surface area contributed by atoms with Gasteiger partial charge in [0, 0.05) is 18.3 Å². The number of benzene rings is 2. The summed E-state index contributed by atoms with van der Waals surface area (Å²) < 4.78 is 10.9. The van der Waals surface area contributed by atoms with Crippen LogP contribution in [0.1, 0.15) is 6.92 Å². The van der Waals surface area contributed by atoms with Crippen LogP contribution in [-0.4, -0.2) is 31.6 Å². The molecule has 1 heterocycles. The SMILES string of the molecule is C=C(C)CN1C(=O)COc2cc(NC(=O)COc3ccccc3Cl)ccc21. The summed E-state index contributed by atoms with van der Waals surface area (Å²) in [6.07, 6.45) is 0. The third kappa shape index (κ3) is 4.60. The molecular formula is C20H19ClN2O4. The predicted octanol–water partition coefficient (Wildman–Crippen LogP) is 3.66. The van der Waals surface area contributed by atoms with Gasteiger partial charge in [-0.1, -0.05) is 35.9 Å². The van der Waals surface area contributed by atoms with Gasteiger partial charge in [-0.15, -0.1) is 0 Å². The molecule has 1 aliphatic rings. The molecule has 1 aliphatic heterocycles. The van der Waals surface area contributed by atoms with Crippen molar-refractivity contribution in [2.24, 2.45) is 0 Å². The molecule has 0 saturated carbocycles. The van der Waals surface area contributed by atoms with Crippen molar-refractivity contribution in [3.63, 3.8) is 0 Å². The summed E-state index contributed by atoms with van der Waals surface area (Å²) in [6.45, 7) is 5.90. The van der Waals surface area contributed by atoms with Gasteiger partial charge in [-0.05, 0) is 31.2 Å². The zero-order chi connectivity index (χ0) is 19.4. The van der Waals surface area contributed by atoms with Crippen molar-refractivity contribution in [1.29, 1.82) is 0 Å². The fraction of sp³-hybridized carbons (Fsp3) is 0.200. The van der Waals surface area contributed by atoms with E-state index in [1.54, 1.807) is 47.4 Å². The molecule has 2 aromatic rings. The molecule has 0 atom stereocenters. The minimum absolute atomic E-state index is 0.0483. The van der Waals surface area contributed by atoms with E-state index in [9.17, 15) is 9.59 Å². The fourth-order valence-electron chi connectivity index (χ4n) is 2.63. The second-order valence-corrected chi connectivity index (χ2v) is 6.58. The van der Waals surface area contributed by atoms with Crippen LogP contribution in [0.15, 0.2) is 54.6 Å². The first-order valence-corrected chi connectivity index (χ1v) is 8.70. The topological polar surface area (TPSA) is 67.9 Å². The summed E-state index contributed by atoms with van der Waals surface area (Å²) in [5.74, 6) is 0.508. The molecule has 2 amide bonds. The first-order valence-electron chi connectivity index (χ1n) is 8.33. The van der Waals surface area contributed by atoms with Crippen molar-refractivity contribution in [3.8, 4) is 11.5 Å². The Morgan fingerprint density at radius 3 is 2.85 bits per heavy atom. The Morgan fingerprint density at radius 2 is 2.11 bits per heavy atom. The van der Waals surface area contributed by atoms with Crippen molar-refractivity contribution >= 4 is 34.8 Å². The Labute approximate surface area is 162 Å². The third-order valence-electron chi connectivity index (χ3n) is 3.81. The molecule has 0 unspecified atom stereocenters. The molecule has 2 aromatic carbocycles. The lowest BCUT2D eigenvalue weighted by Crippen LogP contribution is -2.39. The van der Waals surface area contributed by atoms with Crippen molar-refractivity contribution in [3.05, 3.63) is 59.6 Å². The minimum atomic E-state index is -0.333. The number of nitrogens with one attached hydrogen (secondary N) is 1. The third-order valence-corrected chi connectivity index (χ3v) is 4.12. The Bertz CT molecular complexity index is 897. The van der Waals surface area contributed by atoms with E-state index in [1.807, 2.05) is 6.92 Å². The van der Waals surface area contributed by atoms with Crippen LogP contribution in [-0.2, 0) is 9.59 Å². The van der Waals surface area contributed by atoms with Crippen molar-refractivity contribution in [2.45, 2.75) is 6.92 Å². The maximum Gasteiger partial charge on any atom is 0.265 e. The molecule has 140 valence electrons. The standard InChI is InChI=1S/C20H19ClN2O4/c1-13(2)10-23-16-8-7-14(9-18(16)27-12-20(23)25)22-19(24)11-26-17-6-4-3-5-15(17)21/h3-9H,1,10-12H2,2H3,(H,22,24). The summed E-state index contributed by atoms with van der Waals surface area (Å²) in [7, 11) is 0. The number of carbonyl (C=O) groups excluding carboxylic acids is 2. The van der Waals surface area contributed by atoms with Gasteiger partial charge in [-0.3, -0.25) is 9.59 Å². The zero-order valence-corrected chi connectivity index (χ0v) is 15.6. The number of anilines is 2. The molecule has 1 N–H and O–H groups in total. The summed E-state index contributed by atoms with van der Waals surface area (Å²) in [5, 5.41) is 3.18. The van der Waals surface area contributed by atoms with Gasteiger partial charge >= 0.3 is 0 Å². The number of fused-ring (bicyclic) bond motifs is 1. The molecule has 0 aliphatic carbocycles. The van der Waals surface area contributed by atoms with Gasteiger partial charge in [0.1, 0.15) is 11.5 Å². The van der Waals surface area contributed by atoms with Crippen LogP contribution in [0.2, 0.25) is 5.02 Å². The van der Waals surface area contributed by atoms with E-state index in [0.717, 1.165) is 5.57 Å². The van der Waals surface area contributed by atoms with Crippen LogP contribution in [0.4, 0.5) is 11.4 Å². The van der Waals surface area contributed by atoms with E-state index in [-0.39, 0.29) is 25.0 Å². The van der Waals surface area contributed by atoms with Crippen LogP contribution in [0.3, 0.4) is 0 Å². The van der Waals surface area contributed by atoms with E-state index in [0.29, 0.717) is 34.4 Å². The maximum atomic E-state index is 12.1. The predicted molar refractivity (Wildman–Crippen MR) is 105 cm³/mol. The molecule has 7 heteroatoms. The van der Waals surface area contributed by atoms with Gasteiger partial charge in [0.15, 0.2) is 13.2 Å². The highest BCUT2D eigenvalue weighted by molar-refractivity contribution is 6.32. The number of amides is 2. The van der Waals surface area contributed by atoms with Crippen LogP contribution in [0.5, 0.6) is 11.5 Å². The molecule has 0 spiro atoms. The smallest absolute Gasteiger partial charge is 0.265 e. The molecular weight excluding hydrogens is 368 g/mol. The van der Waals surface area contributed by atoms with E-state index >= 15 is 0 Å². The lowest BCUT2D eigenvalue weighted by molar-refractivity contribution is -0.121. The van der Waals surface area contributed by atoms with E-state index in [1.165, 1.54) is 0 Å². The number of hydrogen-bond donors (Lipinski definition) is 1. The van der Waals surface area contributed by atoms with Gasteiger partial charge in [0.25, 0.3) is 11.8 Å². The van der Waals surface area contributed by atoms with Crippen LogP contribution >= 0.6 is 11.6 Å². The first kappa shape index (κ1) is 18.8. The number of halogens is 1. The number of ether oxygens (including phenoxy) is 2.